The molecular formula is C18H33NO. The highest BCUT2D eigenvalue weighted by Gasteiger charge is 2.43. The van der Waals surface area contributed by atoms with Crippen molar-refractivity contribution in [3.8, 4) is 0 Å². The van der Waals surface area contributed by atoms with Gasteiger partial charge in [0.05, 0.1) is 11.7 Å². The summed E-state index contributed by atoms with van der Waals surface area (Å²) in [6.45, 7) is 5.91. The lowest BCUT2D eigenvalue weighted by Crippen LogP contribution is -2.34. The normalized spacial score (nSPS) is 39.9. The molecule has 0 amide bonds. The molecule has 0 aromatic heterocycles. The van der Waals surface area contributed by atoms with Crippen LogP contribution in [0.3, 0.4) is 0 Å². The van der Waals surface area contributed by atoms with E-state index in [4.69, 9.17) is 4.74 Å². The first-order valence-electron chi connectivity index (χ1n) is 9.14. The molecule has 20 heavy (non-hydrogen) atoms. The standard InChI is InChI=1S/C18H33NO/c1-3-12-19-17-7-6-15(14(17)2)13-16-8-11-18(20-16)9-4-5-10-18/h14-17,19H,3-13H2,1-2H3. The maximum atomic E-state index is 6.52. The van der Waals surface area contributed by atoms with Crippen LogP contribution in [0.1, 0.15) is 78.1 Å². The highest BCUT2D eigenvalue weighted by molar-refractivity contribution is 4.95. The summed E-state index contributed by atoms with van der Waals surface area (Å²) in [6, 6.07) is 0.766. The van der Waals surface area contributed by atoms with E-state index in [1.807, 2.05) is 0 Å². The van der Waals surface area contributed by atoms with Gasteiger partial charge < -0.3 is 10.1 Å². The Morgan fingerprint density at radius 1 is 1.10 bits per heavy atom. The van der Waals surface area contributed by atoms with Gasteiger partial charge in [0.25, 0.3) is 0 Å². The molecule has 1 heterocycles. The summed E-state index contributed by atoms with van der Waals surface area (Å²) in [5.41, 5.74) is 0.326. The minimum absolute atomic E-state index is 0.326. The first-order chi connectivity index (χ1) is 9.72. The number of hydrogen-bond donors (Lipinski definition) is 1. The van der Waals surface area contributed by atoms with Crippen molar-refractivity contribution in [1.82, 2.24) is 5.32 Å². The fourth-order valence-corrected chi connectivity index (χ4v) is 4.98. The van der Waals surface area contributed by atoms with E-state index in [0.717, 1.165) is 17.9 Å². The lowest BCUT2D eigenvalue weighted by atomic mass is 9.89. The largest absolute Gasteiger partial charge is 0.372 e. The van der Waals surface area contributed by atoms with Gasteiger partial charge in [0.1, 0.15) is 0 Å². The number of hydrogen-bond acceptors (Lipinski definition) is 2. The second-order valence-corrected chi connectivity index (χ2v) is 7.66. The van der Waals surface area contributed by atoms with Crippen LogP contribution >= 0.6 is 0 Å². The quantitative estimate of drug-likeness (QED) is 0.811. The Kier molecular flexibility index (Phi) is 4.72. The Morgan fingerprint density at radius 3 is 2.65 bits per heavy atom. The van der Waals surface area contributed by atoms with Crippen LogP contribution in [-0.2, 0) is 4.74 Å². The van der Waals surface area contributed by atoms with E-state index in [9.17, 15) is 0 Å². The number of rotatable bonds is 5. The maximum Gasteiger partial charge on any atom is 0.0687 e. The molecule has 3 rings (SSSR count). The molecule has 1 spiro atoms. The Morgan fingerprint density at radius 2 is 1.90 bits per heavy atom. The molecule has 2 aliphatic carbocycles. The van der Waals surface area contributed by atoms with E-state index < -0.39 is 0 Å². The van der Waals surface area contributed by atoms with Crippen LogP contribution in [0.15, 0.2) is 0 Å². The first-order valence-corrected chi connectivity index (χ1v) is 9.14. The van der Waals surface area contributed by atoms with Crippen molar-refractivity contribution >= 4 is 0 Å². The van der Waals surface area contributed by atoms with Crippen LogP contribution in [0.2, 0.25) is 0 Å². The molecule has 1 aliphatic heterocycles. The molecule has 3 fully saturated rings. The van der Waals surface area contributed by atoms with Gasteiger partial charge in [-0.3, -0.25) is 0 Å². The monoisotopic (exact) mass is 279 g/mol. The van der Waals surface area contributed by atoms with Crippen LogP contribution < -0.4 is 5.32 Å². The van der Waals surface area contributed by atoms with E-state index >= 15 is 0 Å². The second kappa shape index (κ2) is 6.36. The predicted molar refractivity (Wildman–Crippen MR) is 83.9 cm³/mol. The molecule has 2 heteroatoms. The molecule has 4 unspecified atom stereocenters. The summed E-state index contributed by atoms with van der Waals surface area (Å²) in [7, 11) is 0. The molecule has 4 atom stereocenters. The minimum atomic E-state index is 0.326. The third-order valence-corrected chi connectivity index (χ3v) is 6.30. The summed E-state index contributed by atoms with van der Waals surface area (Å²) in [5.74, 6) is 1.73. The van der Waals surface area contributed by atoms with Crippen LogP contribution in [0.4, 0.5) is 0 Å². The van der Waals surface area contributed by atoms with E-state index in [-0.39, 0.29) is 0 Å². The lowest BCUT2D eigenvalue weighted by molar-refractivity contribution is -0.0458. The molecule has 0 bridgehead atoms. The van der Waals surface area contributed by atoms with Crippen molar-refractivity contribution in [1.29, 1.82) is 0 Å². The van der Waals surface area contributed by atoms with Crippen LogP contribution in [0.25, 0.3) is 0 Å². The van der Waals surface area contributed by atoms with Crippen molar-refractivity contribution in [2.75, 3.05) is 6.54 Å². The summed E-state index contributed by atoms with van der Waals surface area (Å²) >= 11 is 0. The SMILES string of the molecule is CCCNC1CCC(CC2CCC3(CCCC3)O2)C1C. The zero-order valence-electron chi connectivity index (χ0n) is 13.5. The Hall–Kier alpha value is -0.0800. The fourth-order valence-electron chi connectivity index (χ4n) is 4.98. The molecule has 0 aromatic rings. The molecule has 1 saturated heterocycles. The molecular weight excluding hydrogens is 246 g/mol. The third kappa shape index (κ3) is 3.06. The van der Waals surface area contributed by atoms with Gasteiger partial charge in [-0.2, -0.15) is 0 Å². The van der Waals surface area contributed by atoms with Crippen LogP contribution in [-0.4, -0.2) is 24.3 Å². The zero-order valence-corrected chi connectivity index (χ0v) is 13.5. The predicted octanol–water partition coefficient (Wildman–Crippen LogP) is 4.28. The molecule has 2 nitrogen and oxygen atoms in total. The van der Waals surface area contributed by atoms with E-state index in [0.29, 0.717) is 11.7 Å². The average molecular weight is 279 g/mol. The average Bonchev–Trinajstić information content (AvgIpc) is 3.14. The van der Waals surface area contributed by atoms with Gasteiger partial charge in [0.2, 0.25) is 0 Å². The molecule has 116 valence electrons. The molecule has 1 N–H and O–H groups in total. The van der Waals surface area contributed by atoms with Gasteiger partial charge in [-0.1, -0.05) is 26.7 Å². The van der Waals surface area contributed by atoms with Gasteiger partial charge in [0.15, 0.2) is 0 Å². The van der Waals surface area contributed by atoms with Crippen LogP contribution in [0, 0.1) is 11.8 Å². The number of nitrogens with one attached hydrogen (secondary N) is 1. The van der Waals surface area contributed by atoms with E-state index in [1.54, 1.807) is 0 Å². The van der Waals surface area contributed by atoms with Crippen LogP contribution in [0.5, 0.6) is 0 Å². The lowest BCUT2D eigenvalue weighted by Gasteiger charge is -2.27. The Labute approximate surface area is 125 Å². The van der Waals surface area contributed by atoms with Gasteiger partial charge in [-0.05, 0) is 69.7 Å². The van der Waals surface area contributed by atoms with Gasteiger partial charge >= 0.3 is 0 Å². The molecule has 0 radical (unpaired) electrons. The van der Waals surface area contributed by atoms with Crippen molar-refractivity contribution in [2.24, 2.45) is 11.8 Å². The third-order valence-electron chi connectivity index (χ3n) is 6.30. The Balaban J connectivity index is 1.47. The molecule has 0 aromatic carbocycles. The van der Waals surface area contributed by atoms with E-state index in [2.05, 4.69) is 19.2 Å². The van der Waals surface area contributed by atoms with Crippen molar-refractivity contribution in [3.63, 3.8) is 0 Å². The number of ether oxygens (including phenoxy) is 1. The maximum absolute atomic E-state index is 6.52. The summed E-state index contributed by atoms with van der Waals surface area (Å²) in [5, 5.41) is 3.74. The topological polar surface area (TPSA) is 21.3 Å². The summed E-state index contributed by atoms with van der Waals surface area (Å²) < 4.78 is 6.52. The zero-order chi connectivity index (χ0) is 14.0. The minimum Gasteiger partial charge on any atom is -0.372 e. The van der Waals surface area contributed by atoms with Gasteiger partial charge in [-0.25, -0.2) is 0 Å². The van der Waals surface area contributed by atoms with Gasteiger partial charge in [-0.15, -0.1) is 0 Å². The fraction of sp³-hybridized carbons (Fsp3) is 1.00. The first kappa shape index (κ1) is 14.8. The smallest absolute Gasteiger partial charge is 0.0687 e. The van der Waals surface area contributed by atoms with Gasteiger partial charge in [0, 0.05) is 6.04 Å². The van der Waals surface area contributed by atoms with E-state index in [1.165, 1.54) is 70.8 Å². The highest BCUT2D eigenvalue weighted by atomic mass is 16.5. The summed E-state index contributed by atoms with van der Waals surface area (Å²) in [6.07, 6.45) is 14.1. The Bertz CT molecular complexity index is 311. The van der Waals surface area contributed by atoms with Crippen molar-refractivity contribution in [3.05, 3.63) is 0 Å². The molecule has 3 aliphatic rings. The van der Waals surface area contributed by atoms with Crippen molar-refractivity contribution < 1.29 is 4.74 Å². The highest BCUT2D eigenvalue weighted by Crippen LogP contribution is 2.46. The summed E-state index contributed by atoms with van der Waals surface area (Å²) in [4.78, 5) is 0. The molecule has 2 saturated carbocycles. The second-order valence-electron chi connectivity index (χ2n) is 7.66. The van der Waals surface area contributed by atoms with Crippen molar-refractivity contribution in [2.45, 2.75) is 95.8 Å².